The maximum absolute atomic E-state index is 5.76. The van der Waals surface area contributed by atoms with Crippen LogP contribution in [-0.4, -0.2) is 46.2 Å². The van der Waals surface area contributed by atoms with E-state index >= 15 is 0 Å². The number of benzene rings is 2. The van der Waals surface area contributed by atoms with Gasteiger partial charge in [0.2, 0.25) is 6.79 Å². The smallest absolute Gasteiger partial charge is 0.231 e. The number of nitrogens with one attached hydrogen (secondary N) is 2. The number of hydrogen-bond donors (Lipinski definition) is 2. The van der Waals surface area contributed by atoms with Crippen molar-refractivity contribution in [2.75, 3.05) is 40.2 Å². The van der Waals surface area contributed by atoms with Crippen LogP contribution in [0.25, 0.3) is 0 Å². The number of para-hydroxylation sites is 1. The lowest BCUT2D eigenvalue weighted by atomic mass is 9.74. The third kappa shape index (κ3) is 6.11. The molecular weight excluding hydrogens is 533 g/mol. The summed E-state index contributed by atoms with van der Waals surface area (Å²) in [6.45, 7) is 7.28. The van der Waals surface area contributed by atoms with E-state index in [9.17, 15) is 0 Å². The van der Waals surface area contributed by atoms with Crippen molar-refractivity contribution in [3.05, 3.63) is 66.2 Å². The highest BCUT2D eigenvalue weighted by Crippen LogP contribution is 2.40. The molecule has 8 heteroatoms. The maximum Gasteiger partial charge on any atom is 0.231 e. The molecule has 2 heterocycles. The van der Waals surface area contributed by atoms with Crippen molar-refractivity contribution in [1.82, 2.24) is 10.6 Å². The van der Waals surface area contributed by atoms with Gasteiger partial charge in [0.25, 0.3) is 0 Å². The summed E-state index contributed by atoms with van der Waals surface area (Å²) in [5.41, 5.74) is 2.23. The summed E-state index contributed by atoms with van der Waals surface area (Å²) >= 11 is 0. The number of guanidine groups is 1. The van der Waals surface area contributed by atoms with E-state index < -0.39 is 0 Å². The summed E-state index contributed by atoms with van der Waals surface area (Å²) in [7, 11) is 1.78. The monoisotopic (exact) mass is 565 g/mol. The molecule has 0 unspecified atom stereocenters. The van der Waals surface area contributed by atoms with Crippen LogP contribution in [0.2, 0.25) is 0 Å². The van der Waals surface area contributed by atoms with Gasteiger partial charge in [0.05, 0.1) is 0 Å². The number of fused-ring (bicyclic) bond motifs is 1. The van der Waals surface area contributed by atoms with E-state index in [0.29, 0.717) is 13.2 Å². The Labute approximate surface area is 212 Å². The molecular formula is C25H32IN3O4. The molecule has 33 heavy (non-hydrogen) atoms. The van der Waals surface area contributed by atoms with Gasteiger partial charge >= 0.3 is 0 Å². The topological polar surface area (TPSA) is 73.3 Å². The Bertz CT molecular complexity index is 960. The van der Waals surface area contributed by atoms with Crippen LogP contribution < -0.4 is 24.8 Å². The Morgan fingerprint density at radius 1 is 1.12 bits per heavy atom. The van der Waals surface area contributed by atoms with Crippen LogP contribution in [-0.2, 0) is 16.7 Å². The van der Waals surface area contributed by atoms with Crippen molar-refractivity contribution in [3.63, 3.8) is 0 Å². The number of hydrogen-bond acceptors (Lipinski definition) is 5. The maximum atomic E-state index is 5.76. The van der Waals surface area contributed by atoms with Crippen LogP contribution in [0.3, 0.4) is 0 Å². The molecule has 1 fully saturated rings. The molecule has 2 aliphatic heterocycles. The Kier molecular flexibility index (Phi) is 9.25. The van der Waals surface area contributed by atoms with E-state index in [2.05, 4.69) is 34.3 Å². The molecule has 2 aromatic carbocycles. The molecule has 0 amide bonds. The summed E-state index contributed by atoms with van der Waals surface area (Å²) in [5.74, 6) is 3.21. The Hall–Kier alpha value is -2.46. The zero-order valence-electron chi connectivity index (χ0n) is 19.0. The van der Waals surface area contributed by atoms with Crippen molar-refractivity contribution >= 4 is 29.9 Å². The highest BCUT2D eigenvalue weighted by atomic mass is 127. The van der Waals surface area contributed by atoms with Gasteiger partial charge in [-0.3, -0.25) is 4.99 Å². The van der Waals surface area contributed by atoms with Gasteiger partial charge in [-0.15, -0.1) is 24.0 Å². The zero-order chi connectivity index (χ0) is 22.2. The highest BCUT2D eigenvalue weighted by Gasteiger charge is 2.35. The second-order valence-corrected chi connectivity index (χ2v) is 7.95. The largest absolute Gasteiger partial charge is 0.489 e. The van der Waals surface area contributed by atoms with Crippen molar-refractivity contribution in [1.29, 1.82) is 0 Å². The molecule has 0 spiro atoms. The summed E-state index contributed by atoms with van der Waals surface area (Å²) < 4.78 is 22.5. The van der Waals surface area contributed by atoms with Gasteiger partial charge < -0.3 is 29.6 Å². The standard InChI is InChI=1S/C25H31N3O4.HI/c1-3-12-30-21-7-5-4-6-19(21)16-27-24(26-2)28-17-25(10-13-29-14-11-25)20-8-9-22-23(15-20)32-18-31-22;/h3-9,15H,1,10-14,16-18H2,2H3,(H2,26,27,28);1H. The Morgan fingerprint density at radius 3 is 2.70 bits per heavy atom. The fourth-order valence-corrected chi connectivity index (χ4v) is 4.15. The van der Waals surface area contributed by atoms with Gasteiger partial charge in [-0.1, -0.05) is 36.9 Å². The minimum absolute atomic E-state index is 0. The number of halogens is 1. The van der Waals surface area contributed by atoms with Gasteiger partial charge in [0.1, 0.15) is 12.4 Å². The average Bonchev–Trinajstić information content (AvgIpc) is 3.32. The molecule has 0 aliphatic carbocycles. The van der Waals surface area contributed by atoms with E-state index in [1.54, 1.807) is 13.1 Å². The predicted molar refractivity (Wildman–Crippen MR) is 140 cm³/mol. The van der Waals surface area contributed by atoms with Crippen LogP contribution in [0.5, 0.6) is 17.2 Å². The first-order valence-corrected chi connectivity index (χ1v) is 11.0. The molecule has 0 saturated carbocycles. The van der Waals surface area contributed by atoms with Crippen molar-refractivity contribution in [2.45, 2.75) is 24.8 Å². The first kappa shape index (κ1) is 25.2. The van der Waals surface area contributed by atoms with Crippen LogP contribution in [0.4, 0.5) is 0 Å². The zero-order valence-corrected chi connectivity index (χ0v) is 21.3. The van der Waals surface area contributed by atoms with E-state index in [4.69, 9.17) is 18.9 Å². The number of ether oxygens (including phenoxy) is 4. The lowest BCUT2D eigenvalue weighted by Gasteiger charge is -2.38. The van der Waals surface area contributed by atoms with Gasteiger partial charge in [-0.25, -0.2) is 0 Å². The van der Waals surface area contributed by atoms with Crippen molar-refractivity contribution < 1.29 is 18.9 Å². The predicted octanol–water partition coefficient (Wildman–Crippen LogP) is 4.01. The third-order valence-electron chi connectivity index (χ3n) is 6.03. The first-order valence-electron chi connectivity index (χ1n) is 11.0. The summed E-state index contributed by atoms with van der Waals surface area (Å²) in [4.78, 5) is 4.42. The molecule has 0 atom stereocenters. The van der Waals surface area contributed by atoms with Crippen molar-refractivity contribution in [2.24, 2.45) is 4.99 Å². The number of aliphatic imine (C=N–C) groups is 1. The molecule has 178 valence electrons. The molecule has 0 aromatic heterocycles. The molecule has 2 aromatic rings. The lowest BCUT2D eigenvalue weighted by Crippen LogP contribution is -2.47. The number of nitrogens with zero attached hydrogens (tertiary/aromatic N) is 1. The molecule has 2 N–H and O–H groups in total. The van der Waals surface area contributed by atoms with Crippen LogP contribution in [0.1, 0.15) is 24.0 Å². The SMILES string of the molecule is C=CCOc1ccccc1CNC(=NC)NCC1(c2ccc3c(c2)OCO3)CCOCC1.I. The molecule has 0 radical (unpaired) electrons. The molecule has 1 saturated heterocycles. The fourth-order valence-electron chi connectivity index (χ4n) is 4.15. The van der Waals surface area contributed by atoms with Crippen LogP contribution in [0.15, 0.2) is 60.1 Å². The quantitative estimate of drug-likeness (QED) is 0.218. The average molecular weight is 565 g/mol. The van der Waals surface area contributed by atoms with Gasteiger partial charge in [0.15, 0.2) is 17.5 Å². The second-order valence-electron chi connectivity index (χ2n) is 7.95. The fraction of sp³-hybridized carbons (Fsp3) is 0.400. The van der Waals surface area contributed by atoms with Crippen molar-refractivity contribution in [3.8, 4) is 17.2 Å². The first-order chi connectivity index (χ1) is 15.7. The third-order valence-corrected chi connectivity index (χ3v) is 6.03. The Balaban J connectivity index is 0.00000306. The summed E-state index contributed by atoms with van der Waals surface area (Å²) in [6.07, 6.45) is 3.60. The molecule has 4 rings (SSSR count). The summed E-state index contributed by atoms with van der Waals surface area (Å²) in [6, 6.07) is 14.2. The lowest BCUT2D eigenvalue weighted by molar-refractivity contribution is 0.0513. The van der Waals surface area contributed by atoms with Gasteiger partial charge in [0, 0.05) is 44.3 Å². The molecule has 2 aliphatic rings. The van der Waals surface area contributed by atoms with Crippen LogP contribution >= 0.6 is 24.0 Å². The van der Waals surface area contributed by atoms with Gasteiger partial charge in [-0.2, -0.15) is 0 Å². The highest BCUT2D eigenvalue weighted by molar-refractivity contribution is 14.0. The summed E-state index contributed by atoms with van der Waals surface area (Å²) in [5, 5.41) is 6.94. The Morgan fingerprint density at radius 2 is 1.91 bits per heavy atom. The van der Waals surface area contributed by atoms with Crippen LogP contribution in [0, 0.1) is 0 Å². The van der Waals surface area contributed by atoms with E-state index in [1.165, 1.54) is 5.56 Å². The minimum atomic E-state index is -0.0676. The molecule has 7 nitrogen and oxygen atoms in total. The van der Waals surface area contributed by atoms with E-state index in [-0.39, 0.29) is 36.2 Å². The second kappa shape index (κ2) is 12.1. The minimum Gasteiger partial charge on any atom is -0.489 e. The van der Waals surface area contributed by atoms with E-state index in [0.717, 1.165) is 61.4 Å². The normalized spacial score (nSPS) is 16.5. The van der Waals surface area contributed by atoms with E-state index in [1.807, 2.05) is 30.3 Å². The van der Waals surface area contributed by atoms with Gasteiger partial charge in [-0.05, 0) is 36.6 Å². The molecule has 0 bridgehead atoms. The number of rotatable bonds is 8.